The number of fused-ring (bicyclic) bond motifs is 1. The van der Waals surface area contributed by atoms with Crippen molar-refractivity contribution in [2.75, 3.05) is 23.8 Å². The van der Waals surface area contributed by atoms with Crippen molar-refractivity contribution in [1.29, 1.82) is 0 Å². The molecule has 2 aliphatic heterocycles. The summed E-state index contributed by atoms with van der Waals surface area (Å²) in [5.74, 6) is 1.51. The lowest BCUT2D eigenvalue weighted by Crippen LogP contribution is -2.30. The van der Waals surface area contributed by atoms with E-state index in [2.05, 4.69) is 27.8 Å². The fourth-order valence-electron chi connectivity index (χ4n) is 3.81. The third-order valence-corrected chi connectivity index (χ3v) is 6.14. The van der Waals surface area contributed by atoms with Crippen LogP contribution in [-0.2, 0) is 28.9 Å². The molecule has 4 rings (SSSR count). The molecule has 6 nitrogen and oxygen atoms in total. The third kappa shape index (κ3) is 4.04. The van der Waals surface area contributed by atoms with E-state index in [0.717, 1.165) is 68.5 Å². The SMILES string of the molecule is CCCc1nnc(SCC(=O)N2CCc3ccccc32)n1CC1CCCO1. The van der Waals surface area contributed by atoms with Crippen molar-refractivity contribution in [2.24, 2.45) is 0 Å². The first-order valence-electron chi connectivity index (χ1n) is 9.81. The molecule has 1 atom stereocenters. The van der Waals surface area contributed by atoms with Crippen LogP contribution in [0.25, 0.3) is 0 Å². The van der Waals surface area contributed by atoms with Gasteiger partial charge in [-0.3, -0.25) is 4.79 Å². The topological polar surface area (TPSA) is 60.2 Å². The minimum atomic E-state index is 0.133. The summed E-state index contributed by atoms with van der Waals surface area (Å²) in [5.41, 5.74) is 2.30. The van der Waals surface area contributed by atoms with Gasteiger partial charge in [0.1, 0.15) is 5.82 Å². The molecule has 1 amide bonds. The number of hydrogen-bond donors (Lipinski definition) is 0. The molecular weight excluding hydrogens is 360 g/mol. The summed E-state index contributed by atoms with van der Waals surface area (Å²) in [6, 6.07) is 8.16. The van der Waals surface area contributed by atoms with Gasteiger partial charge in [-0.1, -0.05) is 36.9 Å². The number of hydrogen-bond acceptors (Lipinski definition) is 5. The molecule has 2 aromatic rings. The smallest absolute Gasteiger partial charge is 0.237 e. The normalized spacial score (nSPS) is 18.9. The number of thioether (sulfide) groups is 1. The Morgan fingerprint density at radius 2 is 2.22 bits per heavy atom. The Morgan fingerprint density at radius 3 is 3.04 bits per heavy atom. The van der Waals surface area contributed by atoms with E-state index in [4.69, 9.17) is 4.74 Å². The highest BCUT2D eigenvalue weighted by atomic mass is 32.2. The second kappa shape index (κ2) is 8.44. The van der Waals surface area contributed by atoms with Crippen molar-refractivity contribution in [3.63, 3.8) is 0 Å². The van der Waals surface area contributed by atoms with Gasteiger partial charge in [0, 0.05) is 25.3 Å². The molecule has 144 valence electrons. The number of benzene rings is 1. The minimum absolute atomic E-state index is 0.133. The minimum Gasteiger partial charge on any atom is -0.376 e. The Balaban J connectivity index is 1.44. The van der Waals surface area contributed by atoms with Gasteiger partial charge in [0.2, 0.25) is 5.91 Å². The Hall–Kier alpha value is -1.86. The first kappa shape index (κ1) is 18.5. The molecular formula is C20H26N4O2S. The zero-order valence-corrected chi connectivity index (χ0v) is 16.6. The molecule has 0 bridgehead atoms. The lowest BCUT2D eigenvalue weighted by Gasteiger charge is -2.17. The molecule has 1 aromatic heterocycles. The number of amides is 1. The summed E-state index contributed by atoms with van der Waals surface area (Å²) >= 11 is 1.49. The number of carbonyl (C=O) groups excluding carboxylic acids is 1. The second-order valence-electron chi connectivity index (χ2n) is 7.11. The Morgan fingerprint density at radius 1 is 1.33 bits per heavy atom. The van der Waals surface area contributed by atoms with Crippen molar-refractivity contribution < 1.29 is 9.53 Å². The highest BCUT2D eigenvalue weighted by Crippen LogP contribution is 2.29. The maximum Gasteiger partial charge on any atom is 0.237 e. The van der Waals surface area contributed by atoms with Crippen LogP contribution in [0.15, 0.2) is 29.4 Å². The van der Waals surface area contributed by atoms with Crippen molar-refractivity contribution in [3.8, 4) is 0 Å². The van der Waals surface area contributed by atoms with Gasteiger partial charge >= 0.3 is 0 Å². The molecule has 0 radical (unpaired) electrons. The second-order valence-corrected chi connectivity index (χ2v) is 8.05. The van der Waals surface area contributed by atoms with Crippen LogP contribution in [-0.4, -0.2) is 45.7 Å². The largest absolute Gasteiger partial charge is 0.376 e. The van der Waals surface area contributed by atoms with Gasteiger partial charge in [-0.15, -0.1) is 10.2 Å². The van der Waals surface area contributed by atoms with Crippen LogP contribution in [0.2, 0.25) is 0 Å². The van der Waals surface area contributed by atoms with Crippen LogP contribution in [0.5, 0.6) is 0 Å². The highest BCUT2D eigenvalue weighted by molar-refractivity contribution is 7.99. The number of anilines is 1. The molecule has 0 spiro atoms. The number of rotatable bonds is 7. The summed E-state index contributed by atoms with van der Waals surface area (Å²) in [6.45, 7) is 4.53. The van der Waals surface area contributed by atoms with E-state index >= 15 is 0 Å². The fourth-order valence-corrected chi connectivity index (χ4v) is 4.65. The summed E-state index contributed by atoms with van der Waals surface area (Å²) in [4.78, 5) is 14.7. The number of aromatic nitrogens is 3. The van der Waals surface area contributed by atoms with Crippen LogP contribution in [0.3, 0.4) is 0 Å². The van der Waals surface area contributed by atoms with E-state index in [1.807, 2.05) is 23.1 Å². The summed E-state index contributed by atoms with van der Waals surface area (Å²) < 4.78 is 7.96. The maximum absolute atomic E-state index is 12.8. The first-order valence-corrected chi connectivity index (χ1v) is 10.8. The number of aryl methyl sites for hydroxylation is 1. The number of carbonyl (C=O) groups is 1. The molecule has 27 heavy (non-hydrogen) atoms. The maximum atomic E-state index is 12.8. The molecule has 1 aromatic carbocycles. The summed E-state index contributed by atoms with van der Waals surface area (Å²) in [5, 5.41) is 9.57. The van der Waals surface area contributed by atoms with Gasteiger partial charge in [0.05, 0.1) is 18.4 Å². The van der Waals surface area contributed by atoms with Gasteiger partial charge < -0.3 is 14.2 Å². The Kier molecular flexibility index (Phi) is 5.78. The fraction of sp³-hybridized carbons (Fsp3) is 0.550. The van der Waals surface area contributed by atoms with Crippen LogP contribution >= 0.6 is 11.8 Å². The van der Waals surface area contributed by atoms with Gasteiger partial charge in [0.25, 0.3) is 0 Å². The van der Waals surface area contributed by atoms with E-state index in [9.17, 15) is 4.79 Å². The predicted molar refractivity (Wildman–Crippen MR) is 106 cm³/mol. The van der Waals surface area contributed by atoms with E-state index in [1.165, 1.54) is 17.3 Å². The first-order chi connectivity index (χ1) is 13.3. The van der Waals surface area contributed by atoms with E-state index in [0.29, 0.717) is 5.75 Å². The van der Waals surface area contributed by atoms with Gasteiger partial charge in [-0.25, -0.2) is 0 Å². The zero-order chi connectivity index (χ0) is 18.6. The lowest BCUT2D eigenvalue weighted by atomic mass is 10.2. The number of ether oxygens (including phenoxy) is 1. The standard InChI is InChI=1S/C20H26N4O2S/c1-2-6-18-21-22-20(24(18)13-16-8-5-12-26-16)27-14-19(25)23-11-10-15-7-3-4-9-17(15)23/h3-4,7,9,16H,2,5-6,8,10-14H2,1H3. The van der Waals surface area contributed by atoms with Crippen molar-refractivity contribution in [2.45, 2.75) is 56.8 Å². The molecule has 1 unspecified atom stereocenters. The molecule has 1 fully saturated rings. The van der Waals surface area contributed by atoms with Crippen molar-refractivity contribution >= 4 is 23.4 Å². The quantitative estimate of drug-likeness (QED) is 0.685. The summed E-state index contributed by atoms with van der Waals surface area (Å²) in [7, 11) is 0. The molecule has 0 saturated carbocycles. The van der Waals surface area contributed by atoms with E-state index < -0.39 is 0 Å². The molecule has 0 aliphatic carbocycles. The van der Waals surface area contributed by atoms with Gasteiger partial charge in [-0.05, 0) is 37.3 Å². The highest BCUT2D eigenvalue weighted by Gasteiger charge is 2.25. The number of para-hydroxylation sites is 1. The number of nitrogens with zero attached hydrogens (tertiary/aromatic N) is 4. The molecule has 0 N–H and O–H groups in total. The monoisotopic (exact) mass is 386 g/mol. The Labute approximate surface area is 164 Å². The third-order valence-electron chi connectivity index (χ3n) is 5.19. The molecule has 2 aliphatic rings. The van der Waals surface area contributed by atoms with E-state index in [1.54, 1.807) is 0 Å². The molecule has 7 heteroatoms. The zero-order valence-electron chi connectivity index (χ0n) is 15.8. The van der Waals surface area contributed by atoms with E-state index in [-0.39, 0.29) is 12.0 Å². The average molecular weight is 387 g/mol. The van der Waals surface area contributed by atoms with Crippen molar-refractivity contribution in [3.05, 3.63) is 35.7 Å². The average Bonchev–Trinajstić information content (AvgIpc) is 3.42. The van der Waals surface area contributed by atoms with Crippen LogP contribution < -0.4 is 4.90 Å². The lowest BCUT2D eigenvalue weighted by molar-refractivity contribution is -0.116. The van der Waals surface area contributed by atoms with Gasteiger partial charge in [-0.2, -0.15) is 0 Å². The van der Waals surface area contributed by atoms with Crippen molar-refractivity contribution in [1.82, 2.24) is 14.8 Å². The predicted octanol–water partition coefficient (Wildman–Crippen LogP) is 3.09. The van der Waals surface area contributed by atoms with Crippen LogP contribution in [0.4, 0.5) is 5.69 Å². The molecule has 3 heterocycles. The van der Waals surface area contributed by atoms with Crippen LogP contribution in [0, 0.1) is 0 Å². The Bertz CT molecular complexity index is 801. The summed E-state index contributed by atoms with van der Waals surface area (Å²) in [6.07, 6.45) is 5.29. The molecule has 1 saturated heterocycles. The van der Waals surface area contributed by atoms with Crippen LogP contribution in [0.1, 0.15) is 37.6 Å². The van der Waals surface area contributed by atoms with Gasteiger partial charge in [0.15, 0.2) is 5.16 Å².